The van der Waals surface area contributed by atoms with Crippen LogP contribution >= 0.6 is 0 Å². The minimum absolute atomic E-state index is 0.314. The highest BCUT2D eigenvalue weighted by Gasteiger charge is 2.51. The van der Waals surface area contributed by atoms with Crippen molar-refractivity contribution < 1.29 is 14.0 Å². The van der Waals surface area contributed by atoms with Crippen molar-refractivity contribution in [2.75, 3.05) is 39.3 Å². The van der Waals surface area contributed by atoms with Gasteiger partial charge in [0.15, 0.2) is 0 Å². The number of hydrogen-bond donors (Lipinski definition) is 1. The number of ether oxygens (including phenoxy) is 1. The molecule has 0 amide bonds. The smallest absolute Gasteiger partial charge is 0.494 e. The molecule has 1 saturated heterocycles. The Morgan fingerprint density at radius 3 is 2.11 bits per heavy atom. The van der Waals surface area contributed by atoms with Gasteiger partial charge in [0.2, 0.25) is 0 Å². The predicted octanol–water partition coefficient (Wildman–Crippen LogP) is 2.69. The summed E-state index contributed by atoms with van der Waals surface area (Å²) in [6.07, 6.45) is 0.997. The first-order valence-electron chi connectivity index (χ1n) is 10.3. The summed E-state index contributed by atoms with van der Waals surface area (Å²) in [5, 5.41) is 3.48. The summed E-state index contributed by atoms with van der Waals surface area (Å²) in [5.74, 6) is 0.887. The van der Waals surface area contributed by atoms with E-state index < -0.39 is 0 Å². The van der Waals surface area contributed by atoms with Crippen LogP contribution in [0.1, 0.15) is 48.0 Å². The number of nitrogens with one attached hydrogen (secondary N) is 1. The molecule has 1 heterocycles. The second-order valence-corrected chi connectivity index (χ2v) is 8.14. The van der Waals surface area contributed by atoms with Crippen LogP contribution in [0.3, 0.4) is 0 Å². The highest BCUT2D eigenvalue weighted by Crippen LogP contribution is 2.36. The molecular weight excluding hydrogens is 339 g/mol. The normalized spacial score (nSPS) is 18.3. The summed E-state index contributed by atoms with van der Waals surface area (Å²) in [5.41, 5.74) is 0.398. The molecule has 0 aliphatic carbocycles. The number of hydrogen-bond acceptors (Lipinski definition) is 5. The van der Waals surface area contributed by atoms with Crippen molar-refractivity contribution in [1.82, 2.24) is 10.2 Å². The van der Waals surface area contributed by atoms with Crippen molar-refractivity contribution in [3.63, 3.8) is 0 Å². The molecule has 1 aliphatic rings. The average molecular weight is 376 g/mol. The van der Waals surface area contributed by atoms with Crippen LogP contribution in [-0.4, -0.2) is 62.6 Å². The maximum absolute atomic E-state index is 6.08. The molecule has 6 heteroatoms. The minimum Gasteiger partial charge on any atom is -0.494 e. The quantitative estimate of drug-likeness (QED) is 0.475. The maximum Gasteiger partial charge on any atom is 0.494 e. The van der Waals surface area contributed by atoms with E-state index >= 15 is 0 Å². The summed E-state index contributed by atoms with van der Waals surface area (Å²) in [4.78, 5) is 2.42. The van der Waals surface area contributed by atoms with Gasteiger partial charge in [-0.25, -0.2) is 0 Å². The summed E-state index contributed by atoms with van der Waals surface area (Å²) in [7, 11) is -0.320. The highest BCUT2D eigenvalue weighted by atomic mass is 16.7. The summed E-state index contributed by atoms with van der Waals surface area (Å²) >= 11 is 0. The Hall–Kier alpha value is -1.08. The Kier molecular flexibility index (Phi) is 8.16. The first-order chi connectivity index (χ1) is 12.8. The number of nitrogens with zero attached hydrogens (tertiary/aromatic N) is 1. The average Bonchev–Trinajstić information content (AvgIpc) is 2.85. The molecule has 152 valence electrons. The highest BCUT2D eigenvalue weighted by molar-refractivity contribution is 6.62. The van der Waals surface area contributed by atoms with Gasteiger partial charge in [-0.3, -0.25) is 0 Å². The van der Waals surface area contributed by atoms with Gasteiger partial charge in [0.25, 0.3) is 0 Å². The molecule has 0 saturated carbocycles. The van der Waals surface area contributed by atoms with Gasteiger partial charge in [0.1, 0.15) is 5.75 Å². The van der Waals surface area contributed by atoms with E-state index in [-0.39, 0.29) is 18.3 Å². The van der Waals surface area contributed by atoms with Crippen LogP contribution in [0.4, 0.5) is 0 Å². The summed E-state index contributed by atoms with van der Waals surface area (Å²) in [6.45, 7) is 18.7. The molecule has 1 aromatic carbocycles. The van der Waals surface area contributed by atoms with Crippen molar-refractivity contribution in [2.45, 2.75) is 59.2 Å². The minimum atomic E-state index is -0.320. The summed E-state index contributed by atoms with van der Waals surface area (Å²) < 4.78 is 18.0. The molecule has 0 spiro atoms. The van der Waals surface area contributed by atoms with Gasteiger partial charge in [0.05, 0.1) is 17.8 Å². The molecule has 1 aromatic rings. The molecule has 27 heavy (non-hydrogen) atoms. The van der Waals surface area contributed by atoms with Crippen molar-refractivity contribution in [2.24, 2.45) is 0 Å². The molecule has 1 fully saturated rings. The zero-order chi connectivity index (χ0) is 19.9. The fraction of sp³-hybridized carbons (Fsp3) is 0.714. The lowest BCUT2D eigenvalue weighted by Gasteiger charge is -2.32. The van der Waals surface area contributed by atoms with Gasteiger partial charge >= 0.3 is 7.12 Å². The Morgan fingerprint density at radius 1 is 0.963 bits per heavy atom. The van der Waals surface area contributed by atoms with E-state index in [2.05, 4.69) is 51.8 Å². The lowest BCUT2D eigenvalue weighted by molar-refractivity contribution is 0.00578. The predicted molar refractivity (Wildman–Crippen MR) is 113 cm³/mol. The number of likely N-dealkylation sites (N-methyl/N-ethyl adjacent to an activating group) is 1. The zero-order valence-electron chi connectivity index (χ0n) is 18.0. The first kappa shape index (κ1) is 22.2. The SMILES string of the molecule is CCN(CC)CCNCCCOc1ccc(B2OC(C)(C)C(C)(C)O2)cc1. The molecule has 5 nitrogen and oxygen atoms in total. The molecule has 0 bridgehead atoms. The molecule has 1 aliphatic heterocycles. The first-order valence-corrected chi connectivity index (χ1v) is 10.3. The third-order valence-electron chi connectivity index (χ3n) is 5.67. The lowest BCUT2D eigenvalue weighted by atomic mass is 9.79. The monoisotopic (exact) mass is 376 g/mol. The van der Waals surface area contributed by atoms with E-state index in [0.29, 0.717) is 6.61 Å². The molecule has 1 N–H and O–H groups in total. The van der Waals surface area contributed by atoms with Crippen LogP contribution < -0.4 is 15.5 Å². The Balaban J connectivity index is 1.67. The van der Waals surface area contributed by atoms with Crippen molar-refractivity contribution in [3.8, 4) is 5.75 Å². The molecule has 0 unspecified atom stereocenters. The van der Waals surface area contributed by atoms with Gasteiger partial charge in [-0.2, -0.15) is 0 Å². The molecule has 0 aromatic heterocycles. The third-order valence-corrected chi connectivity index (χ3v) is 5.67. The molecular formula is C21H37BN2O3. The van der Waals surface area contributed by atoms with Gasteiger partial charge in [-0.05, 0) is 71.3 Å². The fourth-order valence-electron chi connectivity index (χ4n) is 2.99. The van der Waals surface area contributed by atoms with Crippen LogP contribution in [0.2, 0.25) is 0 Å². The van der Waals surface area contributed by atoms with Crippen molar-refractivity contribution in [3.05, 3.63) is 24.3 Å². The summed E-state index contributed by atoms with van der Waals surface area (Å²) in [6, 6.07) is 8.04. The van der Waals surface area contributed by atoms with Gasteiger partial charge in [-0.1, -0.05) is 26.0 Å². The van der Waals surface area contributed by atoms with Crippen LogP contribution in [0.5, 0.6) is 5.75 Å². The topological polar surface area (TPSA) is 43.0 Å². The van der Waals surface area contributed by atoms with E-state index in [1.807, 2.05) is 24.3 Å². The van der Waals surface area contributed by atoms with Crippen LogP contribution in [0, 0.1) is 0 Å². The van der Waals surface area contributed by atoms with Crippen molar-refractivity contribution >= 4 is 12.6 Å². The van der Waals surface area contributed by atoms with E-state index in [4.69, 9.17) is 14.0 Å². The van der Waals surface area contributed by atoms with Crippen molar-refractivity contribution in [1.29, 1.82) is 0 Å². The molecule has 0 radical (unpaired) electrons. The van der Waals surface area contributed by atoms with E-state index in [1.54, 1.807) is 0 Å². The molecule has 0 atom stereocenters. The Bertz CT molecular complexity index is 543. The lowest BCUT2D eigenvalue weighted by Crippen LogP contribution is -2.41. The van der Waals surface area contributed by atoms with Crippen LogP contribution in [-0.2, 0) is 9.31 Å². The Labute approximate surface area is 165 Å². The second kappa shape index (κ2) is 9.92. The maximum atomic E-state index is 6.08. The van der Waals surface area contributed by atoms with E-state index in [1.165, 1.54) is 0 Å². The van der Waals surface area contributed by atoms with Gasteiger partial charge in [-0.15, -0.1) is 0 Å². The number of rotatable bonds is 11. The Morgan fingerprint density at radius 2 is 1.56 bits per heavy atom. The van der Waals surface area contributed by atoms with Gasteiger partial charge in [0, 0.05) is 13.1 Å². The van der Waals surface area contributed by atoms with Gasteiger partial charge < -0.3 is 24.3 Å². The van der Waals surface area contributed by atoms with Crippen LogP contribution in [0.15, 0.2) is 24.3 Å². The van der Waals surface area contributed by atoms with Crippen LogP contribution in [0.25, 0.3) is 0 Å². The molecule has 2 rings (SSSR count). The zero-order valence-corrected chi connectivity index (χ0v) is 18.0. The number of benzene rings is 1. The van der Waals surface area contributed by atoms with E-state index in [9.17, 15) is 0 Å². The third kappa shape index (κ3) is 6.21. The van der Waals surface area contributed by atoms with E-state index in [0.717, 1.165) is 50.4 Å². The fourth-order valence-corrected chi connectivity index (χ4v) is 2.99. The largest absolute Gasteiger partial charge is 0.494 e. The standard InChI is InChI=1S/C21H37BN2O3/c1-7-24(8-2)16-15-23-14-9-17-25-19-12-10-18(11-13-19)22-26-20(3,4)21(5,6)27-22/h10-13,23H,7-9,14-17H2,1-6H3. The second-order valence-electron chi connectivity index (χ2n) is 8.14.